The largest absolute Gasteiger partial charge is 0.491 e. The minimum absolute atomic E-state index is 0.159. The molecule has 0 saturated carbocycles. The van der Waals surface area contributed by atoms with Gasteiger partial charge in [0.05, 0.1) is 24.2 Å². The van der Waals surface area contributed by atoms with Crippen molar-refractivity contribution in [1.29, 1.82) is 0 Å². The predicted octanol–water partition coefficient (Wildman–Crippen LogP) is 4.73. The topological polar surface area (TPSA) is 41.9 Å². The Hall–Kier alpha value is -2.15. The lowest BCUT2D eigenvalue weighted by atomic mass is 10.1. The van der Waals surface area contributed by atoms with E-state index >= 15 is 0 Å². The van der Waals surface area contributed by atoms with Crippen LogP contribution in [-0.4, -0.2) is 51.4 Å². The van der Waals surface area contributed by atoms with Crippen molar-refractivity contribution in [3.63, 3.8) is 0 Å². The Morgan fingerprint density at radius 3 is 2.31 bits per heavy atom. The maximum Gasteiger partial charge on any atom is 0.123 e. The number of benzene rings is 2. The van der Waals surface area contributed by atoms with E-state index in [2.05, 4.69) is 41.8 Å². The third-order valence-electron chi connectivity index (χ3n) is 4.86. The molecule has 29 heavy (non-hydrogen) atoms. The SMILES string of the molecule is CCc1ccc2c(c1)c1cc(OCCOCCCOCCF)ccc1n2COC. The number of aryl methyl sites for hydroxylation is 1. The molecule has 0 atom stereocenters. The van der Waals surface area contributed by atoms with Crippen LogP contribution in [0.4, 0.5) is 4.39 Å². The van der Waals surface area contributed by atoms with Crippen LogP contribution >= 0.6 is 0 Å². The average molecular weight is 403 g/mol. The maximum atomic E-state index is 11.9. The molecule has 0 fully saturated rings. The minimum atomic E-state index is -0.442. The molecule has 0 bridgehead atoms. The number of rotatable bonds is 13. The van der Waals surface area contributed by atoms with Gasteiger partial charge in [-0.2, -0.15) is 0 Å². The van der Waals surface area contributed by atoms with E-state index in [1.807, 2.05) is 6.07 Å². The average Bonchev–Trinajstić information content (AvgIpc) is 3.05. The number of alkyl halides is 1. The molecule has 1 heterocycles. The summed E-state index contributed by atoms with van der Waals surface area (Å²) in [7, 11) is 1.71. The zero-order valence-electron chi connectivity index (χ0n) is 17.3. The summed E-state index contributed by atoms with van der Waals surface area (Å²) in [6.07, 6.45) is 1.75. The Labute approximate surface area is 171 Å². The van der Waals surface area contributed by atoms with Crippen LogP contribution in [0.25, 0.3) is 21.8 Å². The Morgan fingerprint density at radius 1 is 0.862 bits per heavy atom. The van der Waals surface area contributed by atoms with E-state index in [1.54, 1.807) is 7.11 Å². The molecular weight excluding hydrogens is 373 g/mol. The zero-order valence-corrected chi connectivity index (χ0v) is 17.3. The first-order chi connectivity index (χ1) is 14.3. The molecule has 0 N–H and O–H groups in total. The predicted molar refractivity (Wildman–Crippen MR) is 114 cm³/mol. The Kier molecular flexibility index (Phi) is 8.28. The highest BCUT2D eigenvalue weighted by Gasteiger charge is 2.12. The highest BCUT2D eigenvalue weighted by molar-refractivity contribution is 6.08. The first-order valence-electron chi connectivity index (χ1n) is 10.2. The number of fused-ring (bicyclic) bond motifs is 3. The summed E-state index contributed by atoms with van der Waals surface area (Å²) in [6, 6.07) is 12.7. The Morgan fingerprint density at radius 2 is 1.59 bits per heavy atom. The molecule has 3 aromatic rings. The second-order valence-corrected chi connectivity index (χ2v) is 6.85. The molecule has 158 valence electrons. The fourth-order valence-corrected chi connectivity index (χ4v) is 3.45. The fraction of sp³-hybridized carbons (Fsp3) is 0.478. The van der Waals surface area contributed by atoms with Gasteiger partial charge in [0, 0.05) is 31.1 Å². The van der Waals surface area contributed by atoms with Gasteiger partial charge in [0.2, 0.25) is 0 Å². The van der Waals surface area contributed by atoms with Crippen LogP contribution < -0.4 is 4.74 Å². The molecule has 3 rings (SSSR count). The van der Waals surface area contributed by atoms with E-state index in [-0.39, 0.29) is 6.61 Å². The van der Waals surface area contributed by atoms with Crippen LogP contribution in [-0.2, 0) is 27.4 Å². The lowest BCUT2D eigenvalue weighted by Gasteiger charge is -2.08. The number of aromatic nitrogens is 1. The molecule has 0 spiro atoms. The second kappa shape index (κ2) is 11.1. The summed E-state index contributed by atoms with van der Waals surface area (Å²) < 4.78 is 36.0. The molecule has 6 heteroatoms. The van der Waals surface area contributed by atoms with Crippen LogP contribution in [0.3, 0.4) is 0 Å². The molecule has 0 radical (unpaired) electrons. The minimum Gasteiger partial charge on any atom is -0.491 e. The smallest absolute Gasteiger partial charge is 0.123 e. The van der Waals surface area contributed by atoms with E-state index in [4.69, 9.17) is 18.9 Å². The van der Waals surface area contributed by atoms with Crippen LogP contribution in [0.2, 0.25) is 0 Å². The third kappa shape index (κ3) is 5.47. The zero-order chi connectivity index (χ0) is 20.5. The van der Waals surface area contributed by atoms with Crippen molar-refractivity contribution in [3.05, 3.63) is 42.0 Å². The standard InChI is InChI=1S/C23H30FNO4/c1-3-18-5-7-22-20(15-18)21-16-19(6-8-23(21)25(22)17-26-2)29-14-13-28-11-4-10-27-12-9-24/h5-8,15-16H,3-4,9-14,17H2,1-2H3. The van der Waals surface area contributed by atoms with Crippen molar-refractivity contribution >= 4 is 21.8 Å². The van der Waals surface area contributed by atoms with Crippen LogP contribution in [0, 0.1) is 0 Å². The van der Waals surface area contributed by atoms with Crippen molar-refractivity contribution in [1.82, 2.24) is 4.57 Å². The van der Waals surface area contributed by atoms with Crippen molar-refractivity contribution in [2.24, 2.45) is 0 Å². The number of halogens is 1. The highest BCUT2D eigenvalue weighted by Crippen LogP contribution is 2.32. The van der Waals surface area contributed by atoms with Gasteiger partial charge in [-0.1, -0.05) is 13.0 Å². The van der Waals surface area contributed by atoms with E-state index in [0.29, 0.717) is 33.2 Å². The summed E-state index contributed by atoms with van der Waals surface area (Å²) in [5, 5.41) is 2.38. The molecule has 2 aromatic carbocycles. The molecule has 0 aliphatic rings. The van der Waals surface area contributed by atoms with Crippen molar-refractivity contribution in [2.75, 3.05) is 46.8 Å². The lowest BCUT2D eigenvalue weighted by molar-refractivity contribution is 0.0643. The van der Waals surface area contributed by atoms with Crippen molar-refractivity contribution < 1.29 is 23.3 Å². The van der Waals surface area contributed by atoms with E-state index < -0.39 is 6.67 Å². The van der Waals surface area contributed by atoms with E-state index in [9.17, 15) is 4.39 Å². The Balaban J connectivity index is 1.64. The maximum absolute atomic E-state index is 11.9. The number of ether oxygens (including phenoxy) is 4. The van der Waals surface area contributed by atoms with Crippen LogP contribution in [0.1, 0.15) is 18.9 Å². The Bertz CT molecular complexity index is 909. The molecule has 0 unspecified atom stereocenters. The summed E-state index contributed by atoms with van der Waals surface area (Å²) in [6.45, 7) is 4.48. The van der Waals surface area contributed by atoms with Crippen molar-refractivity contribution in [3.8, 4) is 5.75 Å². The van der Waals surface area contributed by atoms with Gasteiger partial charge < -0.3 is 23.5 Å². The second-order valence-electron chi connectivity index (χ2n) is 6.85. The van der Waals surface area contributed by atoms with Crippen molar-refractivity contribution in [2.45, 2.75) is 26.5 Å². The quantitative estimate of drug-likeness (QED) is 0.387. The van der Waals surface area contributed by atoms with Gasteiger partial charge in [-0.3, -0.25) is 0 Å². The van der Waals surface area contributed by atoms with Crippen LogP contribution in [0.15, 0.2) is 36.4 Å². The van der Waals surface area contributed by atoms with Gasteiger partial charge in [0.15, 0.2) is 0 Å². The monoisotopic (exact) mass is 403 g/mol. The number of methoxy groups -OCH3 is 1. The summed E-state index contributed by atoms with van der Waals surface area (Å²) in [5.74, 6) is 0.825. The molecular formula is C23H30FNO4. The normalized spacial score (nSPS) is 11.6. The third-order valence-corrected chi connectivity index (χ3v) is 4.86. The van der Waals surface area contributed by atoms with E-state index in [1.165, 1.54) is 10.9 Å². The highest BCUT2D eigenvalue weighted by atomic mass is 19.1. The van der Waals surface area contributed by atoms with Gasteiger partial charge >= 0.3 is 0 Å². The molecule has 0 aliphatic carbocycles. The summed E-state index contributed by atoms with van der Waals surface area (Å²) in [4.78, 5) is 0. The lowest BCUT2D eigenvalue weighted by Crippen LogP contribution is -2.09. The van der Waals surface area contributed by atoms with Gasteiger partial charge in [0.1, 0.15) is 25.8 Å². The number of hydrogen-bond acceptors (Lipinski definition) is 4. The summed E-state index contributed by atoms with van der Waals surface area (Å²) >= 11 is 0. The van der Waals surface area contributed by atoms with Gasteiger partial charge in [-0.05, 0) is 48.7 Å². The van der Waals surface area contributed by atoms with Gasteiger partial charge in [-0.25, -0.2) is 4.39 Å². The molecule has 0 aliphatic heterocycles. The first-order valence-corrected chi connectivity index (χ1v) is 10.2. The molecule has 1 aromatic heterocycles. The van der Waals surface area contributed by atoms with Gasteiger partial charge in [-0.15, -0.1) is 0 Å². The number of nitrogens with zero attached hydrogens (tertiary/aromatic N) is 1. The number of hydrogen-bond donors (Lipinski definition) is 0. The molecule has 5 nitrogen and oxygen atoms in total. The first kappa shape index (κ1) is 21.6. The molecule has 0 amide bonds. The fourth-order valence-electron chi connectivity index (χ4n) is 3.45. The van der Waals surface area contributed by atoms with Crippen LogP contribution in [0.5, 0.6) is 5.75 Å². The summed E-state index contributed by atoms with van der Waals surface area (Å²) in [5.41, 5.74) is 3.60. The van der Waals surface area contributed by atoms with Gasteiger partial charge in [0.25, 0.3) is 0 Å². The van der Waals surface area contributed by atoms with E-state index in [0.717, 1.165) is 35.0 Å². The molecule has 0 saturated heterocycles.